The molecule has 160 valence electrons. The number of amides is 1. The molecule has 1 aromatic carbocycles. The summed E-state index contributed by atoms with van der Waals surface area (Å²) < 4.78 is 0. The monoisotopic (exact) mass is 410 g/mol. The Morgan fingerprint density at radius 1 is 1.23 bits per heavy atom. The van der Waals surface area contributed by atoms with Gasteiger partial charge in [-0.1, -0.05) is 6.58 Å². The second-order valence-corrected chi connectivity index (χ2v) is 7.68. The molecule has 2 rings (SSSR count). The van der Waals surface area contributed by atoms with E-state index in [1.807, 2.05) is 25.4 Å². The molecule has 2 aromatic rings. The number of benzene rings is 1. The largest absolute Gasteiger partial charge is 0.390 e. The van der Waals surface area contributed by atoms with Gasteiger partial charge in [0.1, 0.15) is 6.29 Å². The number of aliphatic hydroxyl groups is 1. The fourth-order valence-electron chi connectivity index (χ4n) is 2.86. The first kappa shape index (κ1) is 23.1. The van der Waals surface area contributed by atoms with Gasteiger partial charge in [0.2, 0.25) is 0 Å². The second kappa shape index (κ2) is 10.5. The zero-order valence-electron chi connectivity index (χ0n) is 17.8. The molecule has 0 aliphatic heterocycles. The van der Waals surface area contributed by atoms with Crippen LogP contribution in [-0.4, -0.2) is 48.0 Å². The lowest BCUT2D eigenvalue weighted by molar-refractivity contribution is -0.107. The van der Waals surface area contributed by atoms with Crippen LogP contribution >= 0.6 is 0 Å². The maximum atomic E-state index is 12.3. The number of carbonyl (C=O) groups excluding carboxylic acids is 2. The summed E-state index contributed by atoms with van der Waals surface area (Å²) in [7, 11) is 1.83. The molecule has 1 aromatic heterocycles. The lowest BCUT2D eigenvalue weighted by atomic mass is 10.0. The van der Waals surface area contributed by atoms with Crippen molar-refractivity contribution in [1.29, 1.82) is 0 Å². The minimum absolute atomic E-state index is 0.270. The normalized spacial score (nSPS) is 11.8. The highest BCUT2D eigenvalue weighted by Crippen LogP contribution is 2.25. The number of pyridine rings is 1. The number of carbonyl (C=O) groups is 2. The third-order valence-corrected chi connectivity index (χ3v) is 4.55. The molecule has 1 amide bonds. The van der Waals surface area contributed by atoms with Crippen molar-refractivity contribution >= 4 is 30.7 Å². The molecule has 1 heterocycles. The molecular weight excluding hydrogens is 380 g/mol. The second-order valence-electron chi connectivity index (χ2n) is 7.68. The first-order valence-corrected chi connectivity index (χ1v) is 9.89. The maximum absolute atomic E-state index is 12.3. The molecule has 0 unspecified atom stereocenters. The Balaban J connectivity index is 2.29. The molecule has 0 atom stereocenters. The molecule has 0 spiro atoms. The fraction of sp³-hybridized carbons (Fsp3) is 0.348. The number of hydrogen-bond donors (Lipinski definition) is 4. The highest BCUT2D eigenvalue weighted by molar-refractivity contribution is 5.95. The topological polar surface area (TPSA) is 103 Å². The van der Waals surface area contributed by atoms with E-state index < -0.39 is 5.60 Å². The molecule has 0 radical (unpaired) electrons. The van der Waals surface area contributed by atoms with E-state index in [-0.39, 0.29) is 12.3 Å². The number of aromatic nitrogens is 1. The summed E-state index contributed by atoms with van der Waals surface area (Å²) in [5.41, 5.74) is 2.25. The molecule has 7 nitrogen and oxygen atoms in total. The molecule has 0 aliphatic rings. The third kappa shape index (κ3) is 6.70. The molecule has 0 aliphatic carbocycles. The quantitative estimate of drug-likeness (QED) is 0.344. The number of aldehydes is 1. The molecule has 0 saturated carbocycles. The summed E-state index contributed by atoms with van der Waals surface area (Å²) >= 11 is 0. The lowest BCUT2D eigenvalue weighted by Crippen LogP contribution is -2.29. The van der Waals surface area contributed by atoms with Gasteiger partial charge in [-0.3, -0.25) is 9.78 Å². The number of nitrogens with zero attached hydrogens (tertiary/aromatic N) is 1. The van der Waals surface area contributed by atoms with Gasteiger partial charge in [-0.05, 0) is 48.9 Å². The average molecular weight is 411 g/mol. The average Bonchev–Trinajstić information content (AvgIpc) is 2.71. The summed E-state index contributed by atoms with van der Waals surface area (Å²) in [6, 6.07) is 5.69. The standard InChI is InChI=1S/C23H30N4O3/c1-16-10-20(18-11-19(15-26-14-18)22(29)27-7-5-9-28)21(24-4)12-17(16)13-25-8-6-23(2,3)30/h9-15,24-25,30H,1,5-8H2,2-4H3,(H,27,29)/b17-13-. The van der Waals surface area contributed by atoms with Crippen molar-refractivity contribution < 1.29 is 14.7 Å². The SMILES string of the molecule is C=c1cc(-c2cncc(C(=O)NCCC=O)c2)c(NC)c/c1=C/NCCC(C)(C)O. The van der Waals surface area contributed by atoms with Crippen LogP contribution in [0.2, 0.25) is 0 Å². The van der Waals surface area contributed by atoms with Gasteiger partial charge in [0.15, 0.2) is 0 Å². The molecule has 0 fully saturated rings. The van der Waals surface area contributed by atoms with Gasteiger partial charge in [-0.25, -0.2) is 0 Å². The van der Waals surface area contributed by atoms with Crippen LogP contribution in [0.5, 0.6) is 0 Å². The molecular formula is C23H30N4O3. The van der Waals surface area contributed by atoms with E-state index in [2.05, 4.69) is 27.5 Å². The fourth-order valence-corrected chi connectivity index (χ4v) is 2.86. The highest BCUT2D eigenvalue weighted by atomic mass is 16.3. The van der Waals surface area contributed by atoms with Crippen LogP contribution in [0.15, 0.2) is 30.6 Å². The van der Waals surface area contributed by atoms with E-state index in [1.54, 1.807) is 26.1 Å². The summed E-state index contributed by atoms with van der Waals surface area (Å²) in [5, 5.41) is 20.7. The van der Waals surface area contributed by atoms with Crippen molar-refractivity contribution in [3.05, 3.63) is 46.6 Å². The van der Waals surface area contributed by atoms with Crippen LogP contribution in [-0.2, 0) is 4.79 Å². The zero-order chi connectivity index (χ0) is 22.1. The van der Waals surface area contributed by atoms with E-state index in [0.29, 0.717) is 25.1 Å². The summed E-state index contributed by atoms with van der Waals surface area (Å²) in [5.74, 6) is -0.270. The Kier molecular flexibility index (Phi) is 8.12. The molecule has 0 saturated heterocycles. The van der Waals surface area contributed by atoms with Crippen LogP contribution in [0.25, 0.3) is 23.9 Å². The number of nitrogens with one attached hydrogen (secondary N) is 3. The first-order valence-electron chi connectivity index (χ1n) is 9.89. The van der Waals surface area contributed by atoms with E-state index >= 15 is 0 Å². The maximum Gasteiger partial charge on any atom is 0.252 e. The smallest absolute Gasteiger partial charge is 0.252 e. The Labute approximate surface area is 176 Å². The summed E-state index contributed by atoms with van der Waals surface area (Å²) in [6.45, 7) is 8.63. The van der Waals surface area contributed by atoms with Crippen LogP contribution in [0, 0.1) is 0 Å². The Bertz CT molecular complexity index is 996. The lowest BCUT2D eigenvalue weighted by Gasteiger charge is -2.16. The van der Waals surface area contributed by atoms with Gasteiger partial charge in [-0.2, -0.15) is 0 Å². The summed E-state index contributed by atoms with van der Waals surface area (Å²) in [4.78, 5) is 26.9. The van der Waals surface area contributed by atoms with Gasteiger partial charge >= 0.3 is 0 Å². The van der Waals surface area contributed by atoms with Gasteiger partial charge in [-0.15, -0.1) is 0 Å². The number of hydrogen-bond acceptors (Lipinski definition) is 6. The van der Waals surface area contributed by atoms with Crippen LogP contribution in [0.3, 0.4) is 0 Å². The van der Waals surface area contributed by atoms with E-state index in [4.69, 9.17) is 0 Å². The van der Waals surface area contributed by atoms with Crippen molar-refractivity contribution in [2.24, 2.45) is 0 Å². The molecule has 30 heavy (non-hydrogen) atoms. The highest BCUT2D eigenvalue weighted by Gasteiger charge is 2.11. The Hall–Kier alpha value is -3.19. The van der Waals surface area contributed by atoms with E-state index in [0.717, 1.165) is 33.5 Å². The predicted octanol–water partition coefficient (Wildman–Crippen LogP) is 1.01. The number of anilines is 1. The molecule has 7 heteroatoms. The van der Waals surface area contributed by atoms with Gasteiger partial charge in [0.25, 0.3) is 5.91 Å². The van der Waals surface area contributed by atoms with E-state index in [9.17, 15) is 14.7 Å². The third-order valence-electron chi connectivity index (χ3n) is 4.55. The van der Waals surface area contributed by atoms with Crippen molar-refractivity contribution in [2.75, 3.05) is 25.5 Å². The molecule has 4 N–H and O–H groups in total. The van der Waals surface area contributed by atoms with Crippen LogP contribution in [0.1, 0.15) is 37.0 Å². The van der Waals surface area contributed by atoms with Crippen LogP contribution < -0.4 is 26.4 Å². The van der Waals surface area contributed by atoms with Crippen molar-refractivity contribution in [3.63, 3.8) is 0 Å². The van der Waals surface area contributed by atoms with Gasteiger partial charge < -0.3 is 25.9 Å². The Morgan fingerprint density at radius 2 is 2.00 bits per heavy atom. The predicted molar refractivity (Wildman–Crippen MR) is 120 cm³/mol. The first-order chi connectivity index (χ1) is 14.2. The van der Waals surface area contributed by atoms with Crippen molar-refractivity contribution in [2.45, 2.75) is 32.3 Å². The molecule has 0 bridgehead atoms. The van der Waals surface area contributed by atoms with Crippen molar-refractivity contribution in [1.82, 2.24) is 15.6 Å². The van der Waals surface area contributed by atoms with Gasteiger partial charge in [0, 0.05) is 62.0 Å². The summed E-state index contributed by atoms with van der Waals surface area (Å²) in [6.07, 6.45) is 6.74. The minimum Gasteiger partial charge on any atom is -0.390 e. The van der Waals surface area contributed by atoms with Crippen LogP contribution in [0.4, 0.5) is 5.69 Å². The van der Waals surface area contributed by atoms with Crippen molar-refractivity contribution in [3.8, 4) is 11.1 Å². The number of rotatable bonds is 10. The zero-order valence-corrected chi connectivity index (χ0v) is 17.8. The van der Waals surface area contributed by atoms with E-state index in [1.165, 1.54) is 6.20 Å². The minimum atomic E-state index is -0.717. The Morgan fingerprint density at radius 3 is 2.67 bits per heavy atom. The van der Waals surface area contributed by atoms with Gasteiger partial charge in [0.05, 0.1) is 11.2 Å².